The summed E-state index contributed by atoms with van der Waals surface area (Å²) in [6.07, 6.45) is -0.651. The summed E-state index contributed by atoms with van der Waals surface area (Å²) in [7, 11) is 1.62. The zero-order valence-electron chi connectivity index (χ0n) is 11.0. The lowest BCUT2D eigenvalue weighted by Crippen LogP contribution is -2.06. The third-order valence-corrected chi connectivity index (χ3v) is 3.25. The van der Waals surface area contributed by atoms with Gasteiger partial charge in [-0.1, -0.05) is 36.4 Å². The van der Waals surface area contributed by atoms with Crippen LogP contribution in [-0.4, -0.2) is 12.2 Å². The minimum atomic E-state index is -0.651. The molecule has 0 amide bonds. The van der Waals surface area contributed by atoms with Crippen LogP contribution in [0, 0.1) is 13.8 Å². The maximum Gasteiger partial charge on any atom is 0.125 e. The Morgan fingerprint density at radius 3 is 2.17 bits per heavy atom. The Morgan fingerprint density at radius 1 is 0.944 bits per heavy atom. The molecule has 94 valence electrons. The fraction of sp³-hybridized carbons (Fsp3) is 0.250. The predicted octanol–water partition coefficient (Wildman–Crippen LogP) is 3.39. The van der Waals surface area contributed by atoms with Crippen LogP contribution in [-0.2, 0) is 0 Å². The van der Waals surface area contributed by atoms with Crippen molar-refractivity contribution in [1.29, 1.82) is 0 Å². The zero-order chi connectivity index (χ0) is 13.1. The summed E-state index contributed by atoms with van der Waals surface area (Å²) >= 11 is 0. The van der Waals surface area contributed by atoms with Crippen molar-refractivity contribution in [3.8, 4) is 5.75 Å². The molecule has 2 nitrogen and oxygen atoms in total. The second-order valence-electron chi connectivity index (χ2n) is 4.45. The van der Waals surface area contributed by atoms with Crippen molar-refractivity contribution in [3.05, 3.63) is 64.7 Å². The molecular weight excluding hydrogens is 224 g/mol. The molecular formula is C16H18O2. The Labute approximate surface area is 108 Å². The van der Waals surface area contributed by atoms with Gasteiger partial charge in [-0.2, -0.15) is 0 Å². The van der Waals surface area contributed by atoms with Gasteiger partial charge < -0.3 is 9.84 Å². The molecule has 18 heavy (non-hydrogen) atoms. The van der Waals surface area contributed by atoms with Crippen LogP contribution < -0.4 is 4.74 Å². The van der Waals surface area contributed by atoms with Crippen molar-refractivity contribution in [2.24, 2.45) is 0 Å². The van der Waals surface area contributed by atoms with Gasteiger partial charge in [-0.15, -0.1) is 0 Å². The number of aliphatic hydroxyl groups is 1. The number of rotatable bonds is 3. The smallest absolute Gasteiger partial charge is 0.125 e. The number of hydrogen-bond acceptors (Lipinski definition) is 2. The SMILES string of the molecule is COc1ccccc1C(O)c1c(C)cccc1C. The summed E-state index contributed by atoms with van der Waals surface area (Å²) in [6, 6.07) is 13.6. The summed E-state index contributed by atoms with van der Waals surface area (Å²) < 4.78 is 5.31. The first-order chi connectivity index (χ1) is 8.65. The highest BCUT2D eigenvalue weighted by Gasteiger charge is 2.18. The van der Waals surface area contributed by atoms with Gasteiger partial charge in [0.2, 0.25) is 0 Å². The molecule has 0 radical (unpaired) electrons. The molecule has 2 heteroatoms. The Balaban J connectivity index is 2.51. The van der Waals surface area contributed by atoms with E-state index in [1.807, 2.05) is 56.3 Å². The summed E-state index contributed by atoms with van der Waals surface area (Å²) in [5.74, 6) is 0.715. The highest BCUT2D eigenvalue weighted by molar-refractivity contribution is 5.45. The van der Waals surface area contributed by atoms with Gasteiger partial charge in [0.05, 0.1) is 7.11 Å². The first-order valence-electron chi connectivity index (χ1n) is 6.02. The number of para-hydroxylation sites is 1. The van der Waals surface area contributed by atoms with E-state index in [1.165, 1.54) is 0 Å². The van der Waals surface area contributed by atoms with E-state index in [2.05, 4.69) is 0 Å². The molecule has 0 spiro atoms. The van der Waals surface area contributed by atoms with E-state index in [0.29, 0.717) is 5.75 Å². The lowest BCUT2D eigenvalue weighted by Gasteiger charge is -2.19. The molecule has 1 N–H and O–H groups in total. The van der Waals surface area contributed by atoms with Crippen LogP contribution in [0.15, 0.2) is 42.5 Å². The molecule has 0 aromatic heterocycles. The molecule has 0 saturated heterocycles. The third kappa shape index (κ3) is 2.24. The van der Waals surface area contributed by atoms with Gasteiger partial charge in [-0.05, 0) is 36.6 Å². The van der Waals surface area contributed by atoms with Crippen molar-refractivity contribution in [2.75, 3.05) is 7.11 Å². The minimum absolute atomic E-state index is 0.651. The van der Waals surface area contributed by atoms with E-state index in [4.69, 9.17) is 4.74 Å². The molecule has 2 rings (SSSR count). The van der Waals surface area contributed by atoms with E-state index in [9.17, 15) is 5.11 Å². The van der Waals surface area contributed by atoms with Gasteiger partial charge in [-0.3, -0.25) is 0 Å². The average molecular weight is 242 g/mol. The van der Waals surface area contributed by atoms with E-state index < -0.39 is 6.10 Å². The van der Waals surface area contributed by atoms with Gasteiger partial charge in [0.1, 0.15) is 11.9 Å². The van der Waals surface area contributed by atoms with Gasteiger partial charge in [0, 0.05) is 5.56 Å². The van der Waals surface area contributed by atoms with Crippen LogP contribution >= 0.6 is 0 Å². The Morgan fingerprint density at radius 2 is 1.56 bits per heavy atom. The van der Waals surface area contributed by atoms with Gasteiger partial charge in [0.15, 0.2) is 0 Å². The number of hydrogen-bond donors (Lipinski definition) is 1. The maximum absolute atomic E-state index is 10.6. The van der Waals surface area contributed by atoms with Crippen molar-refractivity contribution < 1.29 is 9.84 Å². The van der Waals surface area contributed by atoms with Crippen LogP contribution in [0.5, 0.6) is 5.75 Å². The summed E-state index contributed by atoms with van der Waals surface area (Å²) in [5, 5.41) is 10.6. The minimum Gasteiger partial charge on any atom is -0.496 e. The topological polar surface area (TPSA) is 29.5 Å². The van der Waals surface area contributed by atoms with E-state index in [-0.39, 0.29) is 0 Å². The van der Waals surface area contributed by atoms with Crippen molar-refractivity contribution in [3.63, 3.8) is 0 Å². The zero-order valence-corrected chi connectivity index (χ0v) is 11.0. The standard InChI is InChI=1S/C16H18O2/c1-11-7-6-8-12(2)15(11)16(17)13-9-4-5-10-14(13)18-3/h4-10,16-17H,1-3H3. The lowest BCUT2D eigenvalue weighted by atomic mass is 9.93. The monoisotopic (exact) mass is 242 g/mol. The number of methoxy groups -OCH3 is 1. The quantitative estimate of drug-likeness (QED) is 0.894. The number of benzene rings is 2. The molecule has 0 saturated carbocycles. The second-order valence-corrected chi connectivity index (χ2v) is 4.45. The summed E-state index contributed by atoms with van der Waals surface area (Å²) in [6.45, 7) is 4.03. The van der Waals surface area contributed by atoms with Crippen LogP contribution in [0.1, 0.15) is 28.4 Å². The molecule has 0 fully saturated rings. The molecule has 1 unspecified atom stereocenters. The molecule has 2 aromatic rings. The van der Waals surface area contributed by atoms with Crippen LogP contribution in [0.25, 0.3) is 0 Å². The fourth-order valence-corrected chi connectivity index (χ4v) is 2.31. The number of aliphatic hydroxyl groups excluding tert-OH is 1. The Hall–Kier alpha value is -1.80. The normalized spacial score (nSPS) is 12.2. The molecule has 0 heterocycles. The Kier molecular flexibility index (Phi) is 3.68. The average Bonchev–Trinajstić information content (AvgIpc) is 2.38. The molecule has 1 atom stereocenters. The molecule has 0 aliphatic rings. The highest BCUT2D eigenvalue weighted by Crippen LogP contribution is 2.32. The van der Waals surface area contributed by atoms with Crippen LogP contribution in [0.4, 0.5) is 0 Å². The second kappa shape index (κ2) is 5.23. The lowest BCUT2D eigenvalue weighted by molar-refractivity contribution is 0.213. The molecule has 2 aromatic carbocycles. The van der Waals surface area contributed by atoms with Crippen molar-refractivity contribution in [2.45, 2.75) is 20.0 Å². The predicted molar refractivity (Wildman–Crippen MR) is 73.0 cm³/mol. The van der Waals surface area contributed by atoms with Crippen molar-refractivity contribution >= 4 is 0 Å². The van der Waals surface area contributed by atoms with Gasteiger partial charge in [-0.25, -0.2) is 0 Å². The summed E-state index contributed by atoms with van der Waals surface area (Å²) in [4.78, 5) is 0. The highest BCUT2D eigenvalue weighted by atomic mass is 16.5. The largest absolute Gasteiger partial charge is 0.496 e. The van der Waals surface area contributed by atoms with Crippen LogP contribution in [0.2, 0.25) is 0 Å². The molecule has 0 bridgehead atoms. The Bertz CT molecular complexity index is 526. The van der Waals surface area contributed by atoms with Crippen LogP contribution in [0.3, 0.4) is 0 Å². The van der Waals surface area contributed by atoms with E-state index >= 15 is 0 Å². The molecule has 0 aliphatic carbocycles. The van der Waals surface area contributed by atoms with Gasteiger partial charge >= 0.3 is 0 Å². The number of aryl methyl sites for hydroxylation is 2. The molecule has 0 aliphatic heterocycles. The fourth-order valence-electron chi connectivity index (χ4n) is 2.31. The van der Waals surface area contributed by atoms with Crippen molar-refractivity contribution in [1.82, 2.24) is 0 Å². The first kappa shape index (κ1) is 12.7. The van der Waals surface area contributed by atoms with E-state index in [0.717, 1.165) is 22.3 Å². The first-order valence-corrected chi connectivity index (χ1v) is 6.02. The maximum atomic E-state index is 10.6. The number of ether oxygens (including phenoxy) is 1. The van der Waals surface area contributed by atoms with E-state index in [1.54, 1.807) is 7.11 Å². The third-order valence-electron chi connectivity index (χ3n) is 3.25. The van der Waals surface area contributed by atoms with Gasteiger partial charge in [0.25, 0.3) is 0 Å². The summed E-state index contributed by atoms with van der Waals surface area (Å²) in [5.41, 5.74) is 3.95.